The van der Waals surface area contributed by atoms with Crippen LogP contribution in [0.3, 0.4) is 0 Å². The van der Waals surface area contributed by atoms with E-state index in [-0.39, 0.29) is 0 Å². The maximum atomic E-state index is 5.99. The molecule has 0 saturated carbocycles. The molecule has 0 radical (unpaired) electrons. The fourth-order valence-corrected chi connectivity index (χ4v) is 2.06. The highest BCUT2D eigenvalue weighted by Crippen LogP contribution is 2.22. The van der Waals surface area contributed by atoms with E-state index < -0.39 is 0 Å². The van der Waals surface area contributed by atoms with E-state index in [0.717, 1.165) is 23.2 Å². The second-order valence-corrected chi connectivity index (χ2v) is 4.65. The molecule has 0 aliphatic rings. The van der Waals surface area contributed by atoms with Crippen LogP contribution in [0.4, 0.5) is 5.82 Å². The molecule has 0 amide bonds. The fourth-order valence-electron chi connectivity index (χ4n) is 2.06. The number of hydrogen-bond donors (Lipinski definition) is 1. The average Bonchev–Trinajstić information content (AvgIpc) is 2.32. The van der Waals surface area contributed by atoms with Gasteiger partial charge >= 0.3 is 0 Å². The van der Waals surface area contributed by atoms with E-state index in [1.807, 2.05) is 13.0 Å². The van der Waals surface area contributed by atoms with E-state index in [1.54, 1.807) is 0 Å². The van der Waals surface area contributed by atoms with Gasteiger partial charge in [-0.15, -0.1) is 0 Å². The quantitative estimate of drug-likeness (QED) is 0.878. The summed E-state index contributed by atoms with van der Waals surface area (Å²) in [4.78, 5) is 8.97. The van der Waals surface area contributed by atoms with Crippen LogP contribution in [0.1, 0.15) is 29.3 Å². The molecule has 1 aromatic heterocycles. The summed E-state index contributed by atoms with van der Waals surface area (Å²) in [7, 11) is 0. The number of hydrogen-bond acceptors (Lipinski definition) is 3. The normalized spacial score (nSPS) is 10.7. The van der Waals surface area contributed by atoms with E-state index in [2.05, 4.69) is 42.9 Å². The summed E-state index contributed by atoms with van der Waals surface area (Å²) in [6, 6.07) is 6.24. The molecule has 2 aromatic rings. The van der Waals surface area contributed by atoms with Gasteiger partial charge in [0.25, 0.3) is 0 Å². The Morgan fingerprint density at radius 3 is 2.33 bits per heavy atom. The zero-order valence-electron chi connectivity index (χ0n) is 11.4. The third kappa shape index (κ3) is 2.21. The molecule has 0 bridgehead atoms. The van der Waals surface area contributed by atoms with E-state index in [1.165, 1.54) is 11.1 Å². The van der Waals surface area contributed by atoms with E-state index in [0.29, 0.717) is 11.6 Å². The molecule has 0 fully saturated rings. The molecule has 1 heterocycles. The van der Waals surface area contributed by atoms with Crippen molar-refractivity contribution in [2.45, 2.75) is 34.1 Å². The Morgan fingerprint density at radius 1 is 1.06 bits per heavy atom. The minimum atomic E-state index is 0.596. The summed E-state index contributed by atoms with van der Waals surface area (Å²) in [5, 5.41) is 0. The summed E-state index contributed by atoms with van der Waals surface area (Å²) in [5.41, 5.74) is 11.5. The van der Waals surface area contributed by atoms with Gasteiger partial charge in [0.15, 0.2) is 5.82 Å². The van der Waals surface area contributed by atoms with Gasteiger partial charge < -0.3 is 5.73 Å². The average molecular weight is 241 g/mol. The van der Waals surface area contributed by atoms with Crippen LogP contribution in [0.15, 0.2) is 18.2 Å². The first-order valence-corrected chi connectivity index (χ1v) is 6.23. The summed E-state index contributed by atoms with van der Waals surface area (Å²) in [6.45, 7) is 8.24. The Labute approximate surface area is 108 Å². The molecule has 0 unspecified atom stereocenters. The Kier molecular flexibility index (Phi) is 3.32. The SMILES string of the molecule is CCc1c(C)nc(-c2ccc(C)c(C)c2)nc1N. The Hall–Kier alpha value is -1.90. The van der Waals surface area contributed by atoms with Gasteiger partial charge in [-0.1, -0.05) is 19.1 Å². The summed E-state index contributed by atoms with van der Waals surface area (Å²) >= 11 is 0. The van der Waals surface area contributed by atoms with Gasteiger partial charge in [-0.05, 0) is 44.4 Å². The first kappa shape index (κ1) is 12.6. The van der Waals surface area contributed by atoms with Crippen LogP contribution < -0.4 is 5.73 Å². The lowest BCUT2D eigenvalue weighted by molar-refractivity contribution is 1.01. The molecule has 0 spiro atoms. The van der Waals surface area contributed by atoms with Crippen LogP contribution in [-0.4, -0.2) is 9.97 Å². The predicted octanol–water partition coefficient (Wildman–Crippen LogP) is 3.21. The maximum absolute atomic E-state index is 5.99. The minimum Gasteiger partial charge on any atom is -0.383 e. The van der Waals surface area contributed by atoms with Crippen LogP contribution >= 0.6 is 0 Å². The topological polar surface area (TPSA) is 51.8 Å². The monoisotopic (exact) mass is 241 g/mol. The second-order valence-electron chi connectivity index (χ2n) is 4.65. The molecular formula is C15H19N3. The molecule has 3 nitrogen and oxygen atoms in total. The summed E-state index contributed by atoms with van der Waals surface area (Å²) in [6.07, 6.45) is 0.866. The van der Waals surface area contributed by atoms with Crippen molar-refractivity contribution in [2.75, 3.05) is 5.73 Å². The molecule has 0 saturated heterocycles. The molecule has 2 N–H and O–H groups in total. The standard InChI is InChI=1S/C15H19N3/c1-5-13-11(4)17-15(18-14(13)16)12-7-6-9(2)10(3)8-12/h6-8H,5H2,1-4H3,(H2,16,17,18). The minimum absolute atomic E-state index is 0.596. The number of anilines is 1. The molecule has 3 heteroatoms. The van der Waals surface area contributed by atoms with Crippen molar-refractivity contribution in [3.05, 3.63) is 40.6 Å². The highest BCUT2D eigenvalue weighted by Gasteiger charge is 2.09. The van der Waals surface area contributed by atoms with Crippen molar-refractivity contribution < 1.29 is 0 Å². The van der Waals surface area contributed by atoms with Gasteiger partial charge in [0.1, 0.15) is 5.82 Å². The number of rotatable bonds is 2. The Balaban J connectivity index is 2.54. The smallest absolute Gasteiger partial charge is 0.161 e. The third-order valence-corrected chi connectivity index (χ3v) is 3.36. The summed E-state index contributed by atoms with van der Waals surface area (Å²) < 4.78 is 0. The molecular weight excluding hydrogens is 222 g/mol. The van der Waals surface area contributed by atoms with Crippen LogP contribution in [0.2, 0.25) is 0 Å². The second kappa shape index (κ2) is 4.77. The van der Waals surface area contributed by atoms with Crippen LogP contribution in [-0.2, 0) is 6.42 Å². The highest BCUT2D eigenvalue weighted by atomic mass is 15.0. The number of nitrogens with two attached hydrogens (primary N) is 1. The molecule has 0 atom stereocenters. The van der Waals surface area contributed by atoms with Gasteiger partial charge in [-0.3, -0.25) is 0 Å². The molecule has 0 aliphatic heterocycles. The lowest BCUT2D eigenvalue weighted by atomic mass is 10.1. The largest absolute Gasteiger partial charge is 0.383 e. The number of aromatic nitrogens is 2. The van der Waals surface area contributed by atoms with Crippen molar-refractivity contribution >= 4 is 5.82 Å². The van der Waals surface area contributed by atoms with Crippen molar-refractivity contribution in [1.29, 1.82) is 0 Å². The zero-order valence-corrected chi connectivity index (χ0v) is 11.4. The number of benzene rings is 1. The van der Waals surface area contributed by atoms with Crippen LogP contribution in [0.25, 0.3) is 11.4 Å². The van der Waals surface area contributed by atoms with Crippen LogP contribution in [0.5, 0.6) is 0 Å². The third-order valence-electron chi connectivity index (χ3n) is 3.36. The zero-order chi connectivity index (χ0) is 13.3. The number of aryl methyl sites for hydroxylation is 3. The number of nitrogen functional groups attached to an aromatic ring is 1. The molecule has 18 heavy (non-hydrogen) atoms. The first-order valence-electron chi connectivity index (χ1n) is 6.23. The lowest BCUT2D eigenvalue weighted by Gasteiger charge is -2.10. The maximum Gasteiger partial charge on any atom is 0.161 e. The van der Waals surface area contributed by atoms with Gasteiger partial charge in [0.2, 0.25) is 0 Å². The Morgan fingerprint density at radius 2 is 1.78 bits per heavy atom. The first-order chi connectivity index (χ1) is 8.52. The van der Waals surface area contributed by atoms with E-state index >= 15 is 0 Å². The molecule has 1 aromatic carbocycles. The van der Waals surface area contributed by atoms with Gasteiger partial charge in [-0.2, -0.15) is 0 Å². The van der Waals surface area contributed by atoms with Gasteiger partial charge in [0, 0.05) is 16.8 Å². The Bertz CT molecular complexity index is 565. The van der Waals surface area contributed by atoms with Crippen molar-refractivity contribution in [1.82, 2.24) is 9.97 Å². The van der Waals surface area contributed by atoms with E-state index in [4.69, 9.17) is 5.73 Å². The van der Waals surface area contributed by atoms with Gasteiger partial charge in [0.05, 0.1) is 0 Å². The highest BCUT2D eigenvalue weighted by molar-refractivity contribution is 5.60. The number of nitrogens with zero attached hydrogens (tertiary/aromatic N) is 2. The fraction of sp³-hybridized carbons (Fsp3) is 0.333. The molecule has 94 valence electrons. The molecule has 0 aliphatic carbocycles. The van der Waals surface area contributed by atoms with Crippen molar-refractivity contribution in [3.8, 4) is 11.4 Å². The molecule has 2 rings (SSSR count). The van der Waals surface area contributed by atoms with Gasteiger partial charge in [-0.25, -0.2) is 9.97 Å². The van der Waals surface area contributed by atoms with Crippen molar-refractivity contribution in [2.24, 2.45) is 0 Å². The lowest BCUT2D eigenvalue weighted by Crippen LogP contribution is -2.04. The van der Waals surface area contributed by atoms with E-state index in [9.17, 15) is 0 Å². The summed E-state index contributed by atoms with van der Waals surface area (Å²) in [5.74, 6) is 1.31. The van der Waals surface area contributed by atoms with Crippen LogP contribution in [0, 0.1) is 20.8 Å². The van der Waals surface area contributed by atoms with Crippen molar-refractivity contribution in [3.63, 3.8) is 0 Å². The predicted molar refractivity (Wildman–Crippen MR) is 75.5 cm³/mol.